The normalized spacial score (nSPS) is 22.5. The van der Waals surface area contributed by atoms with Crippen LogP contribution in [0.25, 0.3) is 5.69 Å². The van der Waals surface area contributed by atoms with Gasteiger partial charge in [0, 0.05) is 30.1 Å². The zero-order valence-corrected chi connectivity index (χ0v) is 16.3. The average Bonchev–Trinajstić information content (AvgIpc) is 3.33. The Kier molecular flexibility index (Phi) is 4.31. The molecule has 0 unspecified atom stereocenters. The van der Waals surface area contributed by atoms with Crippen LogP contribution in [0.15, 0.2) is 67.1 Å². The first-order chi connectivity index (χ1) is 14.6. The lowest BCUT2D eigenvalue weighted by Gasteiger charge is -2.33. The van der Waals surface area contributed by atoms with Crippen molar-refractivity contribution in [3.05, 3.63) is 83.6 Å². The van der Waals surface area contributed by atoms with Crippen molar-refractivity contribution in [2.45, 2.75) is 31.3 Å². The Morgan fingerprint density at radius 3 is 2.67 bits per heavy atom. The Morgan fingerprint density at radius 1 is 1.13 bits per heavy atom. The Labute approximate surface area is 173 Å². The molecule has 2 aliphatic rings. The number of fused-ring (bicyclic) bond motifs is 2. The number of esters is 1. The summed E-state index contributed by atoms with van der Waals surface area (Å²) < 4.78 is 8.33. The Bertz CT molecular complexity index is 1110. The number of pyridine rings is 1. The summed E-state index contributed by atoms with van der Waals surface area (Å²) in [5.74, 6) is -0.703. The summed E-state index contributed by atoms with van der Waals surface area (Å²) in [6, 6.07) is 14.9. The van der Waals surface area contributed by atoms with Gasteiger partial charge < -0.3 is 19.8 Å². The van der Waals surface area contributed by atoms with Crippen LogP contribution in [0.4, 0.5) is 5.69 Å². The summed E-state index contributed by atoms with van der Waals surface area (Å²) in [6.07, 6.45) is 7.19. The number of carbonyl (C=O) groups excluding carboxylic acids is 2. The molecule has 7 nitrogen and oxygen atoms in total. The van der Waals surface area contributed by atoms with Crippen LogP contribution >= 0.6 is 0 Å². The van der Waals surface area contributed by atoms with E-state index in [9.17, 15) is 14.8 Å². The van der Waals surface area contributed by atoms with Crippen molar-refractivity contribution in [1.29, 1.82) is 0 Å². The molecule has 1 fully saturated rings. The number of anilines is 1. The fraction of sp³-hybridized carbons (Fsp3) is 0.261. The lowest BCUT2D eigenvalue weighted by atomic mass is 9.76. The van der Waals surface area contributed by atoms with E-state index < -0.39 is 11.6 Å². The second kappa shape index (κ2) is 7.02. The molecule has 1 N–H and O–H groups in total. The lowest BCUT2D eigenvalue weighted by Crippen LogP contribution is -2.44. The number of ether oxygens (including phenoxy) is 1. The fourth-order valence-electron chi connectivity index (χ4n) is 4.54. The maximum Gasteiger partial charge on any atom is 0.345 e. The van der Waals surface area contributed by atoms with Gasteiger partial charge in [-0.05, 0) is 49.9 Å². The minimum absolute atomic E-state index is 0.0525. The van der Waals surface area contributed by atoms with Crippen molar-refractivity contribution < 1.29 is 19.1 Å². The number of hydrogen-bond donors (Lipinski definition) is 1. The van der Waals surface area contributed by atoms with Gasteiger partial charge in [0.25, 0.3) is 5.69 Å². The van der Waals surface area contributed by atoms with E-state index in [-0.39, 0.29) is 11.8 Å². The molecule has 1 amide bonds. The van der Waals surface area contributed by atoms with Gasteiger partial charge in [0.15, 0.2) is 11.8 Å². The highest BCUT2D eigenvalue weighted by Gasteiger charge is 2.54. The van der Waals surface area contributed by atoms with E-state index in [0.717, 1.165) is 16.1 Å². The molecule has 3 aromatic rings. The molecular formula is C23H21N3O4. The van der Waals surface area contributed by atoms with Crippen molar-refractivity contribution in [3.8, 4) is 5.69 Å². The first-order valence-corrected chi connectivity index (χ1v) is 10.1. The van der Waals surface area contributed by atoms with E-state index in [4.69, 9.17) is 4.74 Å². The summed E-state index contributed by atoms with van der Waals surface area (Å²) >= 11 is 0. The molecule has 5 rings (SSSR count). The lowest BCUT2D eigenvalue weighted by molar-refractivity contribution is -0.621. The standard InChI is InChI=1S/C23H21N3O4/c27-21(24-17-10-14-25(15-17)18-5-2-1-3-6-18)16-8-11-23(12-9-16)20-19(22(28)30-23)7-4-13-26(20)29/h1-7,10,13-16H,8-9,11-12H2,(H,24,27)/t16-,23+. The second-order valence-electron chi connectivity index (χ2n) is 7.89. The van der Waals surface area contributed by atoms with Crippen LogP contribution in [0.2, 0.25) is 0 Å². The van der Waals surface area contributed by atoms with Gasteiger partial charge in [-0.3, -0.25) is 4.79 Å². The topological polar surface area (TPSA) is 87.3 Å². The van der Waals surface area contributed by atoms with Gasteiger partial charge in [-0.15, -0.1) is 0 Å². The molecule has 152 valence electrons. The van der Waals surface area contributed by atoms with Crippen LogP contribution in [-0.2, 0) is 15.1 Å². The highest BCUT2D eigenvalue weighted by Crippen LogP contribution is 2.46. The second-order valence-corrected chi connectivity index (χ2v) is 7.89. The van der Waals surface area contributed by atoms with Gasteiger partial charge in [0.1, 0.15) is 5.56 Å². The summed E-state index contributed by atoms with van der Waals surface area (Å²) in [7, 11) is 0. The number of nitrogens with zero attached hydrogens (tertiary/aromatic N) is 2. The number of para-hydroxylation sites is 1. The van der Waals surface area contributed by atoms with Gasteiger partial charge in [0.2, 0.25) is 5.91 Å². The number of aromatic nitrogens is 2. The number of carbonyl (C=O) groups is 2. The number of hydrogen-bond acceptors (Lipinski definition) is 4. The Morgan fingerprint density at radius 2 is 1.90 bits per heavy atom. The van der Waals surface area contributed by atoms with E-state index in [1.54, 1.807) is 12.1 Å². The van der Waals surface area contributed by atoms with Crippen LogP contribution in [0.5, 0.6) is 0 Å². The monoisotopic (exact) mass is 403 g/mol. The van der Waals surface area contributed by atoms with E-state index in [1.165, 1.54) is 6.20 Å². The van der Waals surface area contributed by atoms with Gasteiger partial charge in [-0.2, -0.15) is 4.73 Å². The molecule has 1 aliphatic heterocycles. The largest absolute Gasteiger partial charge is 0.618 e. The predicted molar refractivity (Wildman–Crippen MR) is 109 cm³/mol. The van der Waals surface area contributed by atoms with E-state index in [1.807, 2.05) is 53.4 Å². The third-order valence-corrected chi connectivity index (χ3v) is 6.08. The van der Waals surface area contributed by atoms with Crippen molar-refractivity contribution in [2.24, 2.45) is 5.92 Å². The van der Waals surface area contributed by atoms with Crippen LogP contribution in [0.1, 0.15) is 41.7 Å². The summed E-state index contributed by atoms with van der Waals surface area (Å²) in [5, 5.41) is 15.3. The third kappa shape index (κ3) is 3.03. The van der Waals surface area contributed by atoms with Crippen LogP contribution in [0.3, 0.4) is 0 Å². The Hall–Kier alpha value is -3.61. The van der Waals surface area contributed by atoms with Gasteiger partial charge in [-0.25, -0.2) is 4.79 Å². The summed E-state index contributed by atoms with van der Waals surface area (Å²) in [6.45, 7) is 0. The maximum absolute atomic E-state index is 12.8. The quantitative estimate of drug-likeness (QED) is 0.413. The molecule has 0 atom stereocenters. The Balaban J connectivity index is 1.27. The molecule has 7 heteroatoms. The molecule has 30 heavy (non-hydrogen) atoms. The molecule has 1 spiro atoms. The fourth-order valence-corrected chi connectivity index (χ4v) is 4.54. The molecule has 0 radical (unpaired) electrons. The molecule has 3 heterocycles. The van der Waals surface area contributed by atoms with E-state index in [0.29, 0.717) is 36.9 Å². The minimum atomic E-state index is -0.914. The van der Waals surface area contributed by atoms with Gasteiger partial charge in [-0.1, -0.05) is 18.2 Å². The number of benzene rings is 1. The van der Waals surface area contributed by atoms with Crippen molar-refractivity contribution in [1.82, 2.24) is 4.57 Å². The molecule has 2 aromatic heterocycles. The third-order valence-electron chi connectivity index (χ3n) is 6.08. The molecule has 1 aliphatic carbocycles. The van der Waals surface area contributed by atoms with Gasteiger partial charge >= 0.3 is 5.97 Å². The van der Waals surface area contributed by atoms with Crippen LogP contribution in [-0.4, -0.2) is 16.4 Å². The molecule has 1 aromatic carbocycles. The molecule has 1 saturated carbocycles. The number of nitrogens with one attached hydrogen (secondary N) is 1. The molecule has 0 bridgehead atoms. The smallest absolute Gasteiger partial charge is 0.345 e. The highest BCUT2D eigenvalue weighted by molar-refractivity contribution is 5.94. The van der Waals surface area contributed by atoms with E-state index in [2.05, 4.69) is 5.32 Å². The zero-order chi connectivity index (χ0) is 20.7. The number of rotatable bonds is 3. The maximum atomic E-state index is 12.8. The predicted octanol–water partition coefficient (Wildman–Crippen LogP) is 3.31. The summed E-state index contributed by atoms with van der Waals surface area (Å²) in [5.41, 5.74) is 1.55. The van der Waals surface area contributed by atoms with Gasteiger partial charge in [0.05, 0.1) is 5.69 Å². The molecular weight excluding hydrogens is 382 g/mol. The number of amides is 1. The first kappa shape index (κ1) is 18.4. The zero-order valence-electron chi connectivity index (χ0n) is 16.3. The van der Waals surface area contributed by atoms with Crippen molar-refractivity contribution in [2.75, 3.05) is 5.32 Å². The van der Waals surface area contributed by atoms with Crippen LogP contribution < -0.4 is 10.0 Å². The SMILES string of the molecule is O=C1O[C@]2(CC[C@@H](C(=O)Nc3ccn(-c4ccccc4)c3)CC2)c2c1ccc[n+]2[O-]. The summed E-state index contributed by atoms with van der Waals surface area (Å²) in [4.78, 5) is 25.0. The molecule has 0 saturated heterocycles. The van der Waals surface area contributed by atoms with Crippen molar-refractivity contribution >= 4 is 17.6 Å². The first-order valence-electron chi connectivity index (χ1n) is 10.1. The van der Waals surface area contributed by atoms with E-state index >= 15 is 0 Å². The average molecular weight is 403 g/mol. The van der Waals surface area contributed by atoms with Crippen LogP contribution in [0, 0.1) is 11.1 Å². The highest BCUT2D eigenvalue weighted by atomic mass is 16.6. The minimum Gasteiger partial charge on any atom is -0.618 e. The van der Waals surface area contributed by atoms with Crippen molar-refractivity contribution in [3.63, 3.8) is 0 Å².